The van der Waals surface area contributed by atoms with Gasteiger partial charge in [0, 0.05) is 24.2 Å². The van der Waals surface area contributed by atoms with E-state index in [0.29, 0.717) is 30.2 Å². The predicted molar refractivity (Wildman–Crippen MR) is 65.7 cm³/mol. The van der Waals surface area contributed by atoms with E-state index in [-0.39, 0.29) is 5.91 Å². The zero-order chi connectivity index (χ0) is 12.8. The van der Waals surface area contributed by atoms with Crippen molar-refractivity contribution in [3.8, 4) is 11.5 Å². The van der Waals surface area contributed by atoms with Crippen LogP contribution in [-0.4, -0.2) is 33.2 Å². The van der Waals surface area contributed by atoms with Crippen molar-refractivity contribution < 1.29 is 14.3 Å². The Hall–Kier alpha value is -1.75. The van der Waals surface area contributed by atoms with Gasteiger partial charge in [-0.15, -0.1) is 0 Å². The SMILES string of the molecule is COc1cc(C(=O)NCCN)cc(OC)c1C. The van der Waals surface area contributed by atoms with Crippen LogP contribution in [-0.2, 0) is 0 Å². The Morgan fingerprint density at radius 1 is 1.29 bits per heavy atom. The Balaban J connectivity index is 3.04. The van der Waals surface area contributed by atoms with Crippen molar-refractivity contribution in [3.63, 3.8) is 0 Å². The van der Waals surface area contributed by atoms with Crippen molar-refractivity contribution in [1.82, 2.24) is 5.32 Å². The molecule has 5 heteroatoms. The lowest BCUT2D eigenvalue weighted by molar-refractivity contribution is 0.0954. The molecule has 0 atom stereocenters. The maximum atomic E-state index is 11.8. The molecule has 0 aliphatic carbocycles. The molecule has 0 aliphatic rings. The molecule has 94 valence electrons. The molecule has 1 amide bonds. The molecule has 0 bridgehead atoms. The molecule has 17 heavy (non-hydrogen) atoms. The molecule has 0 radical (unpaired) electrons. The van der Waals surface area contributed by atoms with Crippen molar-refractivity contribution in [3.05, 3.63) is 23.3 Å². The minimum absolute atomic E-state index is 0.188. The molecule has 5 nitrogen and oxygen atoms in total. The topological polar surface area (TPSA) is 73.6 Å². The van der Waals surface area contributed by atoms with Gasteiger partial charge in [0.15, 0.2) is 0 Å². The number of nitrogens with two attached hydrogens (primary N) is 1. The quantitative estimate of drug-likeness (QED) is 0.792. The first-order valence-corrected chi connectivity index (χ1v) is 5.35. The first-order chi connectivity index (χ1) is 8.13. The van der Waals surface area contributed by atoms with Crippen LogP contribution in [0.4, 0.5) is 0 Å². The average molecular weight is 238 g/mol. The number of carbonyl (C=O) groups is 1. The molecule has 0 aromatic heterocycles. The number of hydrogen-bond donors (Lipinski definition) is 2. The normalized spacial score (nSPS) is 9.88. The first-order valence-electron chi connectivity index (χ1n) is 5.35. The molecular formula is C12H18N2O3. The lowest BCUT2D eigenvalue weighted by Crippen LogP contribution is -2.29. The first kappa shape index (κ1) is 13.3. The molecule has 0 saturated heterocycles. The van der Waals surface area contributed by atoms with Crippen molar-refractivity contribution in [1.29, 1.82) is 0 Å². The van der Waals surface area contributed by atoms with Gasteiger partial charge in [0.2, 0.25) is 0 Å². The zero-order valence-corrected chi connectivity index (χ0v) is 10.4. The highest BCUT2D eigenvalue weighted by Gasteiger charge is 2.12. The highest BCUT2D eigenvalue weighted by molar-refractivity contribution is 5.95. The second-order valence-corrected chi connectivity index (χ2v) is 3.55. The van der Waals surface area contributed by atoms with E-state index in [1.807, 2.05) is 6.92 Å². The van der Waals surface area contributed by atoms with Gasteiger partial charge in [-0.25, -0.2) is 0 Å². The number of benzene rings is 1. The van der Waals surface area contributed by atoms with Gasteiger partial charge in [0.05, 0.1) is 14.2 Å². The maximum absolute atomic E-state index is 11.8. The fraction of sp³-hybridized carbons (Fsp3) is 0.417. The molecule has 1 rings (SSSR count). The number of hydrogen-bond acceptors (Lipinski definition) is 4. The second kappa shape index (κ2) is 6.10. The fourth-order valence-corrected chi connectivity index (χ4v) is 1.50. The van der Waals surface area contributed by atoms with Gasteiger partial charge < -0.3 is 20.5 Å². The molecule has 0 aliphatic heterocycles. The Morgan fingerprint density at radius 3 is 2.24 bits per heavy atom. The predicted octanol–water partition coefficient (Wildman–Crippen LogP) is 0.701. The average Bonchev–Trinajstić information content (AvgIpc) is 2.36. The van der Waals surface area contributed by atoms with E-state index < -0.39 is 0 Å². The summed E-state index contributed by atoms with van der Waals surface area (Å²) >= 11 is 0. The summed E-state index contributed by atoms with van der Waals surface area (Å²) in [5.41, 5.74) is 6.69. The summed E-state index contributed by atoms with van der Waals surface area (Å²) in [4.78, 5) is 11.8. The van der Waals surface area contributed by atoms with Crippen molar-refractivity contribution in [2.45, 2.75) is 6.92 Å². The minimum atomic E-state index is -0.188. The zero-order valence-electron chi connectivity index (χ0n) is 10.4. The third kappa shape index (κ3) is 3.10. The van der Waals surface area contributed by atoms with Gasteiger partial charge in [-0.1, -0.05) is 0 Å². The summed E-state index contributed by atoms with van der Waals surface area (Å²) in [5.74, 6) is 1.07. The number of carbonyl (C=O) groups excluding carboxylic acids is 1. The summed E-state index contributed by atoms with van der Waals surface area (Å²) in [7, 11) is 3.12. The third-order valence-corrected chi connectivity index (χ3v) is 2.44. The van der Waals surface area contributed by atoms with E-state index in [4.69, 9.17) is 15.2 Å². The van der Waals surface area contributed by atoms with E-state index in [1.165, 1.54) is 0 Å². The summed E-state index contributed by atoms with van der Waals surface area (Å²) in [6.45, 7) is 2.72. The Kier molecular flexibility index (Phi) is 4.78. The number of ether oxygens (including phenoxy) is 2. The van der Waals surface area contributed by atoms with Gasteiger partial charge in [-0.3, -0.25) is 4.79 Å². The molecule has 0 heterocycles. The Morgan fingerprint density at radius 2 is 1.82 bits per heavy atom. The lowest BCUT2D eigenvalue weighted by atomic mass is 10.1. The number of methoxy groups -OCH3 is 2. The van der Waals surface area contributed by atoms with Crippen molar-refractivity contribution in [2.75, 3.05) is 27.3 Å². The van der Waals surface area contributed by atoms with Crippen LogP contribution in [0, 0.1) is 6.92 Å². The second-order valence-electron chi connectivity index (χ2n) is 3.55. The van der Waals surface area contributed by atoms with Gasteiger partial charge in [0.1, 0.15) is 11.5 Å². The van der Waals surface area contributed by atoms with E-state index in [9.17, 15) is 4.79 Å². The lowest BCUT2D eigenvalue weighted by Gasteiger charge is -2.12. The van der Waals surface area contributed by atoms with E-state index in [0.717, 1.165) is 5.56 Å². The summed E-state index contributed by atoms with van der Waals surface area (Å²) in [6.07, 6.45) is 0. The van der Waals surface area contributed by atoms with E-state index in [1.54, 1.807) is 26.4 Å². The largest absolute Gasteiger partial charge is 0.496 e. The Bertz CT molecular complexity index is 380. The highest BCUT2D eigenvalue weighted by atomic mass is 16.5. The Labute approximate surface area is 101 Å². The standard InChI is InChI=1S/C12H18N2O3/c1-8-10(16-2)6-9(7-11(8)17-3)12(15)14-5-4-13/h6-7H,4-5,13H2,1-3H3,(H,14,15). The highest BCUT2D eigenvalue weighted by Crippen LogP contribution is 2.29. The van der Waals surface area contributed by atoms with E-state index in [2.05, 4.69) is 5.32 Å². The molecule has 0 fully saturated rings. The van der Waals surface area contributed by atoms with Crippen LogP contribution in [0.25, 0.3) is 0 Å². The van der Waals surface area contributed by atoms with Crippen LogP contribution >= 0.6 is 0 Å². The number of amides is 1. The van der Waals surface area contributed by atoms with Crippen molar-refractivity contribution >= 4 is 5.91 Å². The summed E-state index contributed by atoms with van der Waals surface area (Å²) in [5, 5.41) is 2.70. The fourth-order valence-electron chi connectivity index (χ4n) is 1.50. The van der Waals surface area contributed by atoms with Crippen LogP contribution < -0.4 is 20.5 Å². The number of rotatable bonds is 5. The molecule has 0 saturated carbocycles. The molecule has 3 N–H and O–H groups in total. The molecule has 0 spiro atoms. The molecular weight excluding hydrogens is 220 g/mol. The van der Waals surface area contributed by atoms with E-state index >= 15 is 0 Å². The molecule has 1 aromatic rings. The van der Waals surface area contributed by atoms with Crippen molar-refractivity contribution in [2.24, 2.45) is 5.73 Å². The van der Waals surface area contributed by atoms with Crippen LogP contribution in [0.5, 0.6) is 11.5 Å². The smallest absolute Gasteiger partial charge is 0.251 e. The monoisotopic (exact) mass is 238 g/mol. The maximum Gasteiger partial charge on any atom is 0.251 e. The van der Waals surface area contributed by atoms with Gasteiger partial charge in [0.25, 0.3) is 5.91 Å². The van der Waals surface area contributed by atoms with Gasteiger partial charge in [-0.05, 0) is 19.1 Å². The number of nitrogens with one attached hydrogen (secondary N) is 1. The van der Waals surface area contributed by atoms with Crippen LogP contribution in [0.3, 0.4) is 0 Å². The molecule has 0 unspecified atom stereocenters. The summed E-state index contributed by atoms with van der Waals surface area (Å²) in [6, 6.07) is 3.37. The minimum Gasteiger partial charge on any atom is -0.496 e. The third-order valence-electron chi connectivity index (χ3n) is 2.44. The van der Waals surface area contributed by atoms with Gasteiger partial charge in [-0.2, -0.15) is 0 Å². The van der Waals surface area contributed by atoms with Gasteiger partial charge >= 0.3 is 0 Å². The van der Waals surface area contributed by atoms with Crippen LogP contribution in [0.1, 0.15) is 15.9 Å². The summed E-state index contributed by atoms with van der Waals surface area (Å²) < 4.78 is 10.4. The van der Waals surface area contributed by atoms with Crippen LogP contribution in [0.2, 0.25) is 0 Å². The molecule has 1 aromatic carbocycles. The van der Waals surface area contributed by atoms with Crippen LogP contribution in [0.15, 0.2) is 12.1 Å².